The van der Waals surface area contributed by atoms with Crippen molar-refractivity contribution in [2.75, 3.05) is 19.7 Å². The minimum atomic E-state index is -0.243. The number of unbranched alkanes of at least 4 members (excludes halogenated alkanes) is 1. The Morgan fingerprint density at radius 1 is 1.18 bits per heavy atom. The number of aryl methyl sites for hydroxylation is 1. The molecule has 1 aromatic rings. The summed E-state index contributed by atoms with van der Waals surface area (Å²) < 4.78 is 4.93. The predicted octanol–water partition coefficient (Wildman–Crippen LogP) is 3.12. The summed E-state index contributed by atoms with van der Waals surface area (Å²) in [4.78, 5) is 25.7. The lowest BCUT2D eigenvalue weighted by atomic mass is 10.1. The van der Waals surface area contributed by atoms with Crippen molar-refractivity contribution >= 4 is 11.9 Å². The van der Waals surface area contributed by atoms with Crippen LogP contribution in [0.4, 0.5) is 0 Å². The first-order valence-electron chi connectivity index (χ1n) is 8.05. The van der Waals surface area contributed by atoms with Gasteiger partial charge in [-0.3, -0.25) is 9.59 Å². The fourth-order valence-corrected chi connectivity index (χ4v) is 2.28. The van der Waals surface area contributed by atoms with E-state index in [1.165, 1.54) is 0 Å². The first kappa shape index (κ1) is 18.2. The normalized spacial score (nSPS) is 10.3. The summed E-state index contributed by atoms with van der Waals surface area (Å²) in [5.41, 5.74) is 2.17. The minimum Gasteiger partial charge on any atom is -0.466 e. The second-order valence-electron chi connectivity index (χ2n) is 5.46. The van der Waals surface area contributed by atoms with Gasteiger partial charge >= 0.3 is 5.97 Å². The van der Waals surface area contributed by atoms with Gasteiger partial charge in [-0.1, -0.05) is 43.2 Å². The Bertz CT molecular complexity index is 485. The highest BCUT2D eigenvalue weighted by Gasteiger charge is 2.15. The largest absolute Gasteiger partial charge is 0.466 e. The maximum absolute atomic E-state index is 12.5. The lowest BCUT2D eigenvalue weighted by Crippen LogP contribution is -2.35. The quantitative estimate of drug-likeness (QED) is 0.659. The zero-order valence-electron chi connectivity index (χ0n) is 13.9. The molecule has 0 radical (unpaired) electrons. The Morgan fingerprint density at radius 2 is 1.95 bits per heavy atom. The lowest BCUT2D eigenvalue weighted by Gasteiger charge is -2.22. The molecule has 1 amide bonds. The third-order valence-electron chi connectivity index (χ3n) is 3.46. The highest BCUT2D eigenvalue weighted by atomic mass is 16.5. The number of rotatable bonds is 9. The van der Waals surface area contributed by atoms with Gasteiger partial charge < -0.3 is 9.64 Å². The molecule has 122 valence electrons. The van der Waals surface area contributed by atoms with Crippen LogP contribution >= 0.6 is 0 Å². The molecule has 0 saturated heterocycles. The van der Waals surface area contributed by atoms with Crippen molar-refractivity contribution in [2.24, 2.45) is 0 Å². The molecule has 0 aromatic heterocycles. The second-order valence-corrected chi connectivity index (χ2v) is 5.46. The smallest absolute Gasteiger partial charge is 0.307 e. The molecular weight excluding hydrogens is 278 g/mol. The van der Waals surface area contributed by atoms with E-state index in [0.717, 1.165) is 24.0 Å². The SMILES string of the molecule is CCCCN(CCC(=O)OCC)C(=O)Cc1cccc(C)c1. The van der Waals surface area contributed by atoms with Crippen LogP contribution in [0, 0.1) is 6.92 Å². The summed E-state index contributed by atoms with van der Waals surface area (Å²) in [6, 6.07) is 7.98. The van der Waals surface area contributed by atoms with Crippen LogP contribution in [0.5, 0.6) is 0 Å². The lowest BCUT2D eigenvalue weighted by molar-refractivity contribution is -0.144. The fraction of sp³-hybridized carbons (Fsp3) is 0.556. The monoisotopic (exact) mass is 305 g/mol. The highest BCUT2D eigenvalue weighted by Crippen LogP contribution is 2.08. The molecule has 0 fully saturated rings. The third-order valence-corrected chi connectivity index (χ3v) is 3.46. The van der Waals surface area contributed by atoms with Crippen LogP contribution in [0.1, 0.15) is 44.2 Å². The van der Waals surface area contributed by atoms with Gasteiger partial charge in [0.25, 0.3) is 0 Å². The van der Waals surface area contributed by atoms with Gasteiger partial charge in [0.05, 0.1) is 19.4 Å². The van der Waals surface area contributed by atoms with Gasteiger partial charge in [-0.05, 0) is 25.8 Å². The Morgan fingerprint density at radius 3 is 2.59 bits per heavy atom. The van der Waals surface area contributed by atoms with Gasteiger partial charge in [-0.15, -0.1) is 0 Å². The average molecular weight is 305 g/mol. The number of nitrogens with zero attached hydrogens (tertiary/aromatic N) is 1. The number of carbonyl (C=O) groups is 2. The molecule has 0 aliphatic carbocycles. The zero-order valence-corrected chi connectivity index (χ0v) is 13.9. The summed E-state index contributed by atoms with van der Waals surface area (Å²) >= 11 is 0. The molecule has 0 heterocycles. The van der Waals surface area contributed by atoms with Gasteiger partial charge in [0.2, 0.25) is 5.91 Å². The highest BCUT2D eigenvalue weighted by molar-refractivity contribution is 5.79. The summed E-state index contributed by atoms with van der Waals surface area (Å²) in [5.74, 6) is -0.171. The molecule has 0 aliphatic rings. The van der Waals surface area contributed by atoms with E-state index in [1.54, 1.807) is 11.8 Å². The number of amides is 1. The number of ether oxygens (including phenoxy) is 1. The first-order chi connectivity index (χ1) is 10.6. The third kappa shape index (κ3) is 6.74. The molecule has 1 rings (SSSR count). The Balaban J connectivity index is 2.61. The molecule has 0 aliphatic heterocycles. The molecule has 1 aromatic carbocycles. The van der Waals surface area contributed by atoms with Crippen LogP contribution < -0.4 is 0 Å². The number of benzene rings is 1. The summed E-state index contributed by atoms with van der Waals surface area (Å²) in [7, 11) is 0. The molecule has 0 spiro atoms. The van der Waals surface area contributed by atoms with Crippen molar-refractivity contribution in [1.29, 1.82) is 0 Å². The molecule has 22 heavy (non-hydrogen) atoms. The summed E-state index contributed by atoms with van der Waals surface area (Å²) in [6.07, 6.45) is 2.61. The van der Waals surface area contributed by atoms with E-state index in [0.29, 0.717) is 26.1 Å². The molecule has 0 saturated carbocycles. The Hall–Kier alpha value is -1.84. The summed E-state index contributed by atoms with van der Waals surface area (Å²) in [6.45, 7) is 7.41. The molecule has 4 heteroatoms. The van der Waals surface area contributed by atoms with E-state index in [1.807, 2.05) is 31.2 Å². The zero-order chi connectivity index (χ0) is 16.4. The van der Waals surface area contributed by atoms with Gasteiger partial charge in [0, 0.05) is 13.1 Å². The molecular formula is C18H27NO3. The maximum Gasteiger partial charge on any atom is 0.307 e. The van der Waals surface area contributed by atoms with Gasteiger partial charge in [0.1, 0.15) is 0 Å². The minimum absolute atomic E-state index is 0.0725. The number of carbonyl (C=O) groups excluding carboxylic acids is 2. The van der Waals surface area contributed by atoms with E-state index in [9.17, 15) is 9.59 Å². The molecule has 0 bridgehead atoms. The molecule has 0 atom stereocenters. The average Bonchev–Trinajstić information content (AvgIpc) is 2.47. The number of hydrogen-bond donors (Lipinski definition) is 0. The van der Waals surface area contributed by atoms with E-state index in [2.05, 4.69) is 6.92 Å². The van der Waals surface area contributed by atoms with E-state index < -0.39 is 0 Å². The van der Waals surface area contributed by atoms with Crippen LogP contribution in [0.25, 0.3) is 0 Å². The first-order valence-corrected chi connectivity index (χ1v) is 8.05. The molecule has 4 nitrogen and oxygen atoms in total. The van der Waals surface area contributed by atoms with Crippen LogP contribution in [0.3, 0.4) is 0 Å². The molecule has 0 N–H and O–H groups in total. The van der Waals surface area contributed by atoms with Crippen LogP contribution in [-0.4, -0.2) is 36.5 Å². The molecule has 0 unspecified atom stereocenters. The van der Waals surface area contributed by atoms with E-state index >= 15 is 0 Å². The van der Waals surface area contributed by atoms with Crippen LogP contribution in [0.15, 0.2) is 24.3 Å². The Labute approximate surface area is 133 Å². The maximum atomic E-state index is 12.5. The van der Waals surface area contributed by atoms with Crippen molar-refractivity contribution in [3.05, 3.63) is 35.4 Å². The van der Waals surface area contributed by atoms with Crippen molar-refractivity contribution < 1.29 is 14.3 Å². The number of esters is 1. The van der Waals surface area contributed by atoms with E-state index in [4.69, 9.17) is 4.74 Å². The summed E-state index contributed by atoms with van der Waals surface area (Å²) in [5, 5.41) is 0. The van der Waals surface area contributed by atoms with Gasteiger partial charge in [-0.2, -0.15) is 0 Å². The van der Waals surface area contributed by atoms with E-state index in [-0.39, 0.29) is 18.3 Å². The number of hydrogen-bond acceptors (Lipinski definition) is 3. The van der Waals surface area contributed by atoms with Crippen LogP contribution in [-0.2, 0) is 20.7 Å². The van der Waals surface area contributed by atoms with Gasteiger partial charge in [-0.25, -0.2) is 0 Å². The predicted molar refractivity (Wildman–Crippen MR) is 87.6 cm³/mol. The van der Waals surface area contributed by atoms with Crippen molar-refractivity contribution in [3.63, 3.8) is 0 Å². The van der Waals surface area contributed by atoms with Crippen LogP contribution in [0.2, 0.25) is 0 Å². The fourth-order valence-electron chi connectivity index (χ4n) is 2.28. The Kier molecular flexibility index (Phi) is 8.26. The van der Waals surface area contributed by atoms with Gasteiger partial charge in [0.15, 0.2) is 0 Å². The van der Waals surface area contributed by atoms with Crippen molar-refractivity contribution in [1.82, 2.24) is 4.90 Å². The van der Waals surface area contributed by atoms with Crippen molar-refractivity contribution in [3.8, 4) is 0 Å². The second kappa shape index (κ2) is 9.98. The van der Waals surface area contributed by atoms with Crippen molar-refractivity contribution in [2.45, 2.75) is 46.5 Å². The topological polar surface area (TPSA) is 46.6 Å². The standard InChI is InChI=1S/C18H27NO3/c1-4-6-11-19(12-10-18(21)22-5-2)17(20)14-16-9-7-8-15(3)13-16/h7-9,13H,4-6,10-12,14H2,1-3H3.